The van der Waals surface area contributed by atoms with Gasteiger partial charge in [-0.3, -0.25) is 4.79 Å². The van der Waals surface area contributed by atoms with Crippen LogP contribution < -0.4 is 16.4 Å². The van der Waals surface area contributed by atoms with Gasteiger partial charge in [-0.1, -0.05) is 18.2 Å². The Morgan fingerprint density at radius 3 is 2.75 bits per heavy atom. The highest BCUT2D eigenvalue weighted by Crippen LogP contribution is 2.25. The number of piperidine rings is 1. The summed E-state index contributed by atoms with van der Waals surface area (Å²) in [6, 6.07) is 8.23. The van der Waals surface area contributed by atoms with Gasteiger partial charge >= 0.3 is 0 Å². The fourth-order valence-electron chi connectivity index (χ4n) is 2.95. The van der Waals surface area contributed by atoms with Crippen LogP contribution in [0.3, 0.4) is 0 Å². The average molecular weight is 390 g/mol. The van der Waals surface area contributed by atoms with Gasteiger partial charge < -0.3 is 16.4 Å². The molecule has 3 rings (SSSR count). The smallest absolute Gasteiger partial charge is 0.189 e. The Kier molecular flexibility index (Phi) is 5.11. The van der Waals surface area contributed by atoms with Crippen LogP contribution in [-0.2, 0) is 6.42 Å². The van der Waals surface area contributed by atoms with Crippen molar-refractivity contribution in [2.45, 2.75) is 25.3 Å². The van der Waals surface area contributed by atoms with Crippen LogP contribution in [0.4, 0.5) is 11.5 Å². The van der Waals surface area contributed by atoms with Crippen LogP contribution in [-0.4, -0.2) is 34.9 Å². The number of hydrogen-bond donors (Lipinski definition) is 2. The van der Waals surface area contributed by atoms with E-state index >= 15 is 0 Å². The molecule has 0 aliphatic carbocycles. The van der Waals surface area contributed by atoms with Crippen molar-refractivity contribution in [3.05, 3.63) is 46.3 Å². The highest BCUT2D eigenvalue weighted by atomic mass is 79.9. The highest BCUT2D eigenvalue weighted by Gasteiger charge is 2.21. The molecule has 2 aromatic rings. The Hall–Kier alpha value is -1.99. The second kappa shape index (κ2) is 7.27. The number of hydrogen-bond acceptors (Lipinski definition) is 6. The Balaban J connectivity index is 1.82. The number of carbonyl (C=O) groups excluding carboxylic acids is 1. The van der Waals surface area contributed by atoms with Gasteiger partial charge in [0, 0.05) is 31.2 Å². The summed E-state index contributed by atoms with van der Waals surface area (Å²) in [7, 11) is 0. The molecule has 0 unspecified atom stereocenters. The highest BCUT2D eigenvalue weighted by molar-refractivity contribution is 9.10. The number of nitrogen functional groups attached to an aromatic ring is 1. The molecule has 1 aromatic carbocycles. The van der Waals surface area contributed by atoms with Gasteiger partial charge in [0.15, 0.2) is 11.6 Å². The molecule has 1 aromatic heterocycles. The van der Waals surface area contributed by atoms with Crippen molar-refractivity contribution in [3.8, 4) is 0 Å². The zero-order chi connectivity index (χ0) is 17.1. The van der Waals surface area contributed by atoms with Crippen molar-refractivity contribution in [2.75, 3.05) is 23.7 Å². The molecule has 126 valence electrons. The van der Waals surface area contributed by atoms with Crippen molar-refractivity contribution in [1.29, 1.82) is 0 Å². The number of halogens is 1. The number of benzene rings is 1. The minimum absolute atomic E-state index is 0.137. The van der Waals surface area contributed by atoms with E-state index in [1.807, 2.05) is 18.2 Å². The van der Waals surface area contributed by atoms with Crippen molar-refractivity contribution in [1.82, 2.24) is 9.97 Å². The zero-order valence-electron chi connectivity index (χ0n) is 13.3. The predicted octanol–water partition coefficient (Wildman–Crippen LogP) is 2.17. The first kappa shape index (κ1) is 16.9. The maximum absolute atomic E-state index is 12.6. The van der Waals surface area contributed by atoms with Gasteiger partial charge in [-0.15, -0.1) is 0 Å². The molecule has 2 heterocycles. The van der Waals surface area contributed by atoms with Gasteiger partial charge in [0.25, 0.3) is 0 Å². The second-order valence-electron chi connectivity index (χ2n) is 5.98. The predicted molar refractivity (Wildman–Crippen MR) is 98.0 cm³/mol. The van der Waals surface area contributed by atoms with E-state index in [0.29, 0.717) is 4.60 Å². The summed E-state index contributed by atoms with van der Waals surface area (Å²) in [5.41, 5.74) is 14.0. The molecule has 1 saturated heterocycles. The summed E-state index contributed by atoms with van der Waals surface area (Å²) < 4.78 is 0.498. The molecular formula is C17H20BrN5O. The molecule has 0 spiro atoms. The Bertz CT molecular complexity index is 744. The molecule has 4 N–H and O–H groups in total. The van der Waals surface area contributed by atoms with Crippen LogP contribution >= 0.6 is 15.9 Å². The largest absolute Gasteiger partial charge is 0.382 e. The lowest BCUT2D eigenvalue weighted by molar-refractivity contribution is 0.0988. The monoisotopic (exact) mass is 389 g/mol. The molecule has 0 atom stereocenters. The fraction of sp³-hybridized carbons (Fsp3) is 0.353. The van der Waals surface area contributed by atoms with E-state index < -0.39 is 0 Å². The van der Waals surface area contributed by atoms with E-state index in [9.17, 15) is 4.79 Å². The number of aromatic nitrogens is 2. The van der Waals surface area contributed by atoms with Crippen LogP contribution in [0.15, 0.2) is 35.1 Å². The van der Waals surface area contributed by atoms with Gasteiger partial charge in [-0.05, 0) is 40.4 Å². The Labute approximate surface area is 149 Å². The first-order chi connectivity index (χ1) is 11.5. The van der Waals surface area contributed by atoms with E-state index in [0.717, 1.165) is 37.2 Å². The molecule has 7 heteroatoms. The second-order valence-corrected chi connectivity index (χ2v) is 6.79. The summed E-state index contributed by atoms with van der Waals surface area (Å²) in [5, 5.41) is 0. The third-order valence-corrected chi connectivity index (χ3v) is 4.64. The van der Waals surface area contributed by atoms with Gasteiger partial charge in [-0.25, -0.2) is 9.97 Å². The lowest BCUT2D eigenvalue weighted by atomic mass is 10.0. The summed E-state index contributed by atoms with van der Waals surface area (Å²) in [5.74, 6) is 0.0205. The molecule has 0 saturated carbocycles. The number of carbonyl (C=O) groups is 1. The molecule has 6 nitrogen and oxygen atoms in total. The standard InChI is InChI=1S/C17H20BrN5O/c18-15-10-21-17(20)16(22-15)14(24)9-11-3-1-2-4-13(11)23-7-5-12(19)6-8-23/h1-4,10,12H,5-9,19H2,(H2,20,21). The van der Waals surface area contributed by atoms with Crippen LogP contribution in [0.1, 0.15) is 28.9 Å². The maximum atomic E-state index is 12.6. The third-order valence-electron chi connectivity index (χ3n) is 4.26. The van der Waals surface area contributed by atoms with Gasteiger partial charge in [0.05, 0.1) is 6.20 Å². The number of anilines is 2. The van der Waals surface area contributed by atoms with Crippen LogP contribution in [0, 0.1) is 0 Å². The number of ketones is 1. The molecule has 24 heavy (non-hydrogen) atoms. The molecule has 1 aliphatic heterocycles. The summed E-state index contributed by atoms with van der Waals surface area (Å²) in [6.07, 6.45) is 3.66. The SMILES string of the molecule is Nc1ncc(Br)nc1C(=O)Cc1ccccc1N1CCC(N)CC1. The van der Waals surface area contributed by atoms with E-state index in [1.54, 1.807) is 0 Å². The van der Waals surface area contributed by atoms with Gasteiger partial charge in [0.2, 0.25) is 0 Å². The van der Waals surface area contributed by atoms with Crippen molar-refractivity contribution >= 4 is 33.2 Å². The summed E-state index contributed by atoms with van der Waals surface area (Å²) in [4.78, 5) is 23.1. The molecule has 0 amide bonds. The molecule has 0 radical (unpaired) electrons. The van der Waals surface area contributed by atoms with Crippen LogP contribution in [0.2, 0.25) is 0 Å². The number of para-hydroxylation sites is 1. The molecule has 0 bridgehead atoms. The minimum atomic E-state index is -0.137. The van der Waals surface area contributed by atoms with Crippen molar-refractivity contribution in [3.63, 3.8) is 0 Å². The normalized spacial score (nSPS) is 15.5. The van der Waals surface area contributed by atoms with Crippen molar-refractivity contribution in [2.24, 2.45) is 5.73 Å². The quantitative estimate of drug-likeness (QED) is 0.777. The van der Waals surface area contributed by atoms with Crippen LogP contribution in [0.25, 0.3) is 0 Å². The van der Waals surface area contributed by atoms with Crippen LogP contribution in [0.5, 0.6) is 0 Å². The fourth-order valence-corrected chi connectivity index (χ4v) is 3.23. The van der Waals surface area contributed by atoms with Gasteiger partial charge in [-0.2, -0.15) is 0 Å². The minimum Gasteiger partial charge on any atom is -0.382 e. The number of nitrogens with two attached hydrogens (primary N) is 2. The number of Topliss-reactive ketones (excluding diaryl/α,β-unsaturated/α-hetero) is 1. The van der Waals surface area contributed by atoms with E-state index in [2.05, 4.69) is 36.9 Å². The van der Waals surface area contributed by atoms with E-state index in [1.165, 1.54) is 6.20 Å². The molecule has 1 fully saturated rings. The number of rotatable bonds is 4. The Morgan fingerprint density at radius 1 is 1.29 bits per heavy atom. The lowest BCUT2D eigenvalue weighted by Crippen LogP contribution is -2.40. The topological polar surface area (TPSA) is 98.1 Å². The molecular weight excluding hydrogens is 370 g/mol. The lowest BCUT2D eigenvalue weighted by Gasteiger charge is -2.33. The van der Waals surface area contributed by atoms with E-state index in [-0.39, 0.29) is 29.8 Å². The molecule has 1 aliphatic rings. The maximum Gasteiger partial charge on any atom is 0.189 e. The van der Waals surface area contributed by atoms with Gasteiger partial charge in [0.1, 0.15) is 10.3 Å². The van der Waals surface area contributed by atoms with E-state index in [4.69, 9.17) is 11.5 Å². The Morgan fingerprint density at radius 2 is 2.00 bits per heavy atom. The third kappa shape index (κ3) is 3.73. The van der Waals surface area contributed by atoms with Crippen molar-refractivity contribution < 1.29 is 4.79 Å². The average Bonchev–Trinajstić information content (AvgIpc) is 2.58. The zero-order valence-corrected chi connectivity index (χ0v) is 14.9. The number of nitrogens with zero attached hydrogens (tertiary/aromatic N) is 3. The first-order valence-corrected chi connectivity index (χ1v) is 8.73. The summed E-state index contributed by atoms with van der Waals surface area (Å²) >= 11 is 3.23. The summed E-state index contributed by atoms with van der Waals surface area (Å²) in [6.45, 7) is 1.82. The first-order valence-electron chi connectivity index (χ1n) is 7.94.